The lowest BCUT2D eigenvalue weighted by Gasteiger charge is -2.00. The zero-order valence-corrected chi connectivity index (χ0v) is 9.86. The predicted octanol–water partition coefficient (Wildman–Crippen LogP) is 2.05. The highest BCUT2D eigenvalue weighted by Gasteiger charge is 2.10. The van der Waals surface area contributed by atoms with Crippen molar-refractivity contribution in [2.75, 3.05) is 5.73 Å². The zero-order chi connectivity index (χ0) is 13.2. The van der Waals surface area contributed by atoms with Gasteiger partial charge in [-0.1, -0.05) is 12.1 Å². The molecule has 1 aromatic carbocycles. The predicted molar refractivity (Wildman–Crippen MR) is 69.0 cm³/mol. The largest absolute Gasteiger partial charge is 0.384 e. The van der Waals surface area contributed by atoms with E-state index in [2.05, 4.69) is 15.3 Å². The van der Waals surface area contributed by atoms with Gasteiger partial charge in [-0.3, -0.25) is 0 Å². The van der Waals surface area contributed by atoms with Gasteiger partial charge in [0.2, 0.25) is 0 Å². The SMILES string of the molecule is Nc1cc(-c2cccc(F)c2)nn1-c1cccnn1. The lowest BCUT2D eigenvalue weighted by molar-refractivity contribution is 0.628. The van der Waals surface area contributed by atoms with Crippen LogP contribution in [0.5, 0.6) is 0 Å². The summed E-state index contributed by atoms with van der Waals surface area (Å²) in [5.41, 5.74) is 7.13. The Labute approximate surface area is 108 Å². The van der Waals surface area contributed by atoms with Gasteiger partial charge >= 0.3 is 0 Å². The third kappa shape index (κ3) is 2.15. The Morgan fingerprint density at radius 3 is 2.74 bits per heavy atom. The summed E-state index contributed by atoms with van der Waals surface area (Å²) in [6.07, 6.45) is 1.57. The first-order chi connectivity index (χ1) is 9.24. The van der Waals surface area contributed by atoms with E-state index in [0.717, 1.165) is 0 Å². The average molecular weight is 255 g/mol. The van der Waals surface area contributed by atoms with Crippen LogP contribution in [0.25, 0.3) is 17.1 Å². The smallest absolute Gasteiger partial charge is 0.177 e. The summed E-state index contributed by atoms with van der Waals surface area (Å²) >= 11 is 0. The standard InChI is InChI=1S/C13H10FN5/c14-10-4-1-3-9(7-10)11-8-12(15)19(18-11)13-5-2-6-16-17-13/h1-8H,15H2. The molecule has 94 valence electrons. The molecule has 3 aromatic rings. The molecular weight excluding hydrogens is 245 g/mol. The van der Waals surface area contributed by atoms with E-state index in [4.69, 9.17) is 5.73 Å². The van der Waals surface area contributed by atoms with E-state index in [9.17, 15) is 4.39 Å². The van der Waals surface area contributed by atoms with Gasteiger partial charge in [0.05, 0.1) is 5.69 Å². The van der Waals surface area contributed by atoms with Crippen LogP contribution in [0.15, 0.2) is 48.7 Å². The van der Waals surface area contributed by atoms with Crippen LogP contribution in [-0.2, 0) is 0 Å². The Morgan fingerprint density at radius 2 is 2.00 bits per heavy atom. The molecule has 0 fully saturated rings. The number of hydrogen-bond acceptors (Lipinski definition) is 4. The second kappa shape index (κ2) is 4.49. The molecular formula is C13H10FN5. The van der Waals surface area contributed by atoms with Gasteiger partial charge in [-0.2, -0.15) is 14.9 Å². The average Bonchev–Trinajstić information content (AvgIpc) is 2.82. The molecule has 0 spiro atoms. The molecule has 0 bridgehead atoms. The number of nitrogens with two attached hydrogens (primary N) is 1. The molecule has 0 amide bonds. The molecule has 0 aliphatic carbocycles. The zero-order valence-electron chi connectivity index (χ0n) is 9.86. The normalized spacial score (nSPS) is 10.6. The van der Waals surface area contributed by atoms with Gasteiger partial charge in [-0.25, -0.2) is 4.39 Å². The maximum Gasteiger partial charge on any atom is 0.177 e. The van der Waals surface area contributed by atoms with Crippen molar-refractivity contribution < 1.29 is 4.39 Å². The molecule has 19 heavy (non-hydrogen) atoms. The van der Waals surface area contributed by atoms with E-state index in [0.29, 0.717) is 22.9 Å². The summed E-state index contributed by atoms with van der Waals surface area (Å²) in [4.78, 5) is 0. The summed E-state index contributed by atoms with van der Waals surface area (Å²) in [6.45, 7) is 0. The monoisotopic (exact) mass is 255 g/mol. The summed E-state index contributed by atoms with van der Waals surface area (Å²) in [5.74, 6) is 0.618. The van der Waals surface area contributed by atoms with E-state index < -0.39 is 0 Å². The molecule has 0 aliphatic heterocycles. The van der Waals surface area contributed by atoms with Crippen LogP contribution in [0.1, 0.15) is 0 Å². The second-order valence-electron chi connectivity index (χ2n) is 3.96. The fourth-order valence-electron chi connectivity index (χ4n) is 1.77. The Morgan fingerprint density at radius 1 is 1.11 bits per heavy atom. The van der Waals surface area contributed by atoms with E-state index in [1.54, 1.807) is 36.5 Å². The minimum Gasteiger partial charge on any atom is -0.384 e. The molecule has 0 aliphatic rings. The van der Waals surface area contributed by atoms with E-state index in [1.165, 1.54) is 16.8 Å². The van der Waals surface area contributed by atoms with Crippen LogP contribution in [0.3, 0.4) is 0 Å². The maximum atomic E-state index is 13.2. The molecule has 5 nitrogen and oxygen atoms in total. The quantitative estimate of drug-likeness (QED) is 0.760. The van der Waals surface area contributed by atoms with Crippen LogP contribution in [0.2, 0.25) is 0 Å². The number of aromatic nitrogens is 4. The van der Waals surface area contributed by atoms with Gasteiger partial charge in [-0.15, -0.1) is 5.10 Å². The van der Waals surface area contributed by atoms with Gasteiger partial charge in [0.25, 0.3) is 0 Å². The number of halogens is 1. The molecule has 2 aromatic heterocycles. The first-order valence-electron chi connectivity index (χ1n) is 5.63. The number of hydrogen-bond donors (Lipinski definition) is 1. The lowest BCUT2D eigenvalue weighted by atomic mass is 10.1. The van der Waals surface area contributed by atoms with Crippen molar-refractivity contribution in [3.63, 3.8) is 0 Å². The van der Waals surface area contributed by atoms with Crippen molar-refractivity contribution in [3.8, 4) is 17.1 Å². The first kappa shape index (κ1) is 11.3. The third-order valence-corrected chi connectivity index (χ3v) is 2.63. The van der Waals surface area contributed by atoms with Gasteiger partial charge in [0, 0.05) is 17.8 Å². The lowest BCUT2D eigenvalue weighted by Crippen LogP contribution is -2.04. The number of anilines is 1. The molecule has 6 heteroatoms. The Hall–Kier alpha value is -2.76. The Bertz CT molecular complexity index is 708. The summed E-state index contributed by atoms with van der Waals surface area (Å²) in [5, 5.41) is 12.0. The molecule has 0 radical (unpaired) electrons. The first-order valence-corrected chi connectivity index (χ1v) is 5.63. The van der Waals surface area contributed by atoms with Gasteiger partial charge in [0.1, 0.15) is 11.6 Å². The highest BCUT2D eigenvalue weighted by Crippen LogP contribution is 2.22. The summed E-state index contributed by atoms with van der Waals surface area (Å²) in [7, 11) is 0. The molecule has 0 saturated heterocycles. The summed E-state index contributed by atoms with van der Waals surface area (Å²) < 4.78 is 14.7. The Balaban J connectivity index is 2.07. The van der Waals surface area contributed by atoms with Crippen molar-refractivity contribution in [3.05, 3.63) is 54.5 Å². The van der Waals surface area contributed by atoms with E-state index in [-0.39, 0.29) is 5.82 Å². The number of rotatable bonds is 2. The minimum absolute atomic E-state index is 0.315. The van der Waals surface area contributed by atoms with Crippen molar-refractivity contribution in [2.45, 2.75) is 0 Å². The topological polar surface area (TPSA) is 69.6 Å². The fourth-order valence-corrected chi connectivity index (χ4v) is 1.77. The molecule has 3 rings (SSSR count). The molecule has 0 atom stereocenters. The van der Waals surface area contributed by atoms with Gasteiger partial charge in [0.15, 0.2) is 5.82 Å². The van der Waals surface area contributed by atoms with Gasteiger partial charge < -0.3 is 5.73 Å². The number of nitrogens with zero attached hydrogens (tertiary/aromatic N) is 4. The van der Waals surface area contributed by atoms with Crippen LogP contribution in [-0.4, -0.2) is 20.0 Å². The fraction of sp³-hybridized carbons (Fsp3) is 0. The highest BCUT2D eigenvalue weighted by molar-refractivity contribution is 5.63. The molecule has 2 heterocycles. The van der Waals surface area contributed by atoms with Crippen LogP contribution >= 0.6 is 0 Å². The van der Waals surface area contributed by atoms with Crippen molar-refractivity contribution in [1.82, 2.24) is 20.0 Å². The van der Waals surface area contributed by atoms with Crippen LogP contribution in [0, 0.1) is 5.82 Å². The third-order valence-electron chi connectivity index (χ3n) is 2.63. The minimum atomic E-state index is -0.315. The number of nitrogen functional groups attached to an aromatic ring is 1. The van der Waals surface area contributed by atoms with Crippen molar-refractivity contribution in [1.29, 1.82) is 0 Å². The highest BCUT2D eigenvalue weighted by atomic mass is 19.1. The van der Waals surface area contributed by atoms with Crippen LogP contribution < -0.4 is 5.73 Å². The molecule has 2 N–H and O–H groups in total. The van der Waals surface area contributed by atoms with E-state index in [1.807, 2.05) is 0 Å². The maximum absolute atomic E-state index is 13.2. The van der Waals surface area contributed by atoms with Crippen molar-refractivity contribution in [2.24, 2.45) is 0 Å². The molecule has 0 saturated carbocycles. The summed E-state index contributed by atoms with van der Waals surface area (Å²) in [6, 6.07) is 11.3. The van der Waals surface area contributed by atoms with Gasteiger partial charge in [-0.05, 0) is 24.3 Å². The van der Waals surface area contributed by atoms with Crippen molar-refractivity contribution >= 4 is 5.82 Å². The number of benzene rings is 1. The second-order valence-corrected chi connectivity index (χ2v) is 3.96. The van der Waals surface area contributed by atoms with E-state index >= 15 is 0 Å². The molecule has 0 unspecified atom stereocenters. The van der Waals surface area contributed by atoms with Crippen LogP contribution in [0.4, 0.5) is 10.2 Å². The Kier molecular flexibility index (Phi) is 2.68.